The Kier molecular flexibility index (Phi) is 8.98. The molecule has 0 heterocycles. The van der Waals surface area contributed by atoms with E-state index in [2.05, 4.69) is 19.2 Å². The number of ether oxygens (including phenoxy) is 2. The second-order valence-corrected chi connectivity index (χ2v) is 7.14. The SMILES string of the molecule is CCCCC[C@](C)(OCCC)C(=O)Nc1ccc(OC(C)C)c(C)c1. The van der Waals surface area contributed by atoms with Gasteiger partial charge in [0.15, 0.2) is 0 Å². The van der Waals surface area contributed by atoms with E-state index < -0.39 is 5.60 Å². The molecule has 25 heavy (non-hydrogen) atoms. The lowest BCUT2D eigenvalue weighted by molar-refractivity contribution is -0.140. The maximum Gasteiger partial charge on any atom is 0.256 e. The van der Waals surface area contributed by atoms with Crippen LogP contribution in [0, 0.1) is 6.92 Å². The van der Waals surface area contributed by atoms with Gasteiger partial charge in [0.2, 0.25) is 0 Å². The van der Waals surface area contributed by atoms with Gasteiger partial charge in [-0.15, -0.1) is 0 Å². The molecular weight excluding hydrogens is 314 g/mol. The van der Waals surface area contributed by atoms with Crippen molar-refractivity contribution in [3.8, 4) is 5.75 Å². The number of rotatable bonds is 11. The van der Waals surface area contributed by atoms with Crippen LogP contribution in [0.25, 0.3) is 0 Å². The fourth-order valence-corrected chi connectivity index (χ4v) is 2.67. The van der Waals surface area contributed by atoms with Gasteiger partial charge in [-0.3, -0.25) is 4.79 Å². The number of nitrogens with one attached hydrogen (secondary N) is 1. The minimum atomic E-state index is -0.786. The van der Waals surface area contributed by atoms with Gasteiger partial charge in [-0.2, -0.15) is 0 Å². The Balaban J connectivity index is 2.82. The van der Waals surface area contributed by atoms with Gasteiger partial charge < -0.3 is 14.8 Å². The Morgan fingerprint density at radius 2 is 1.92 bits per heavy atom. The maximum absolute atomic E-state index is 12.8. The molecule has 0 unspecified atom stereocenters. The van der Waals surface area contributed by atoms with Gasteiger partial charge in [0.1, 0.15) is 11.4 Å². The van der Waals surface area contributed by atoms with Crippen molar-refractivity contribution in [2.24, 2.45) is 0 Å². The maximum atomic E-state index is 12.8. The molecule has 4 heteroatoms. The number of amides is 1. The normalized spacial score (nSPS) is 13.6. The third kappa shape index (κ3) is 7.07. The van der Waals surface area contributed by atoms with Crippen molar-refractivity contribution in [2.45, 2.75) is 85.4 Å². The molecule has 0 saturated heterocycles. The Labute approximate surface area is 153 Å². The number of hydrogen-bond donors (Lipinski definition) is 1. The molecule has 0 radical (unpaired) electrons. The van der Waals surface area contributed by atoms with E-state index in [4.69, 9.17) is 9.47 Å². The van der Waals surface area contributed by atoms with E-state index in [1.807, 2.05) is 45.9 Å². The summed E-state index contributed by atoms with van der Waals surface area (Å²) in [5.74, 6) is 0.773. The van der Waals surface area contributed by atoms with E-state index in [1.165, 1.54) is 0 Å². The summed E-state index contributed by atoms with van der Waals surface area (Å²) in [5.41, 5.74) is 1.00. The molecule has 0 spiro atoms. The van der Waals surface area contributed by atoms with Crippen LogP contribution in [0.3, 0.4) is 0 Å². The molecule has 1 rings (SSSR count). The number of unbranched alkanes of at least 4 members (excludes halogenated alkanes) is 2. The molecule has 1 aromatic rings. The Hall–Kier alpha value is -1.55. The molecule has 0 bridgehead atoms. The first-order valence-corrected chi connectivity index (χ1v) is 9.55. The monoisotopic (exact) mass is 349 g/mol. The zero-order chi connectivity index (χ0) is 18.9. The van der Waals surface area contributed by atoms with Gasteiger partial charge in [0, 0.05) is 12.3 Å². The zero-order valence-electron chi connectivity index (χ0n) is 16.8. The first-order chi connectivity index (χ1) is 11.8. The number of anilines is 1. The highest BCUT2D eigenvalue weighted by atomic mass is 16.5. The third-order valence-electron chi connectivity index (χ3n) is 4.16. The van der Waals surface area contributed by atoms with Gasteiger partial charge in [-0.25, -0.2) is 0 Å². The van der Waals surface area contributed by atoms with Crippen molar-refractivity contribution in [3.05, 3.63) is 23.8 Å². The summed E-state index contributed by atoms with van der Waals surface area (Å²) in [6.07, 6.45) is 4.99. The molecular formula is C21H35NO3. The van der Waals surface area contributed by atoms with Crippen LogP contribution >= 0.6 is 0 Å². The van der Waals surface area contributed by atoms with E-state index in [-0.39, 0.29) is 12.0 Å². The Morgan fingerprint density at radius 1 is 1.20 bits per heavy atom. The lowest BCUT2D eigenvalue weighted by atomic mass is 9.96. The first kappa shape index (κ1) is 21.5. The van der Waals surface area contributed by atoms with E-state index in [0.717, 1.165) is 49.1 Å². The predicted molar refractivity (Wildman–Crippen MR) is 104 cm³/mol. The summed E-state index contributed by atoms with van der Waals surface area (Å²) in [6.45, 7) is 12.7. The van der Waals surface area contributed by atoms with Crippen molar-refractivity contribution in [3.63, 3.8) is 0 Å². The van der Waals surface area contributed by atoms with Crippen LogP contribution < -0.4 is 10.1 Å². The third-order valence-corrected chi connectivity index (χ3v) is 4.16. The number of carbonyl (C=O) groups excluding carboxylic acids is 1. The van der Waals surface area contributed by atoms with E-state index in [9.17, 15) is 4.79 Å². The highest BCUT2D eigenvalue weighted by Crippen LogP contribution is 2.26. The minimum absolute atomic E-state index is 0.0750. The molecule has 0 aliphatic rings. The first-order valence-electron chi connectivity index (χ1n) is 9.55. The predicted octanol–water partition coefficient (Wildman–Crippen LogP) is 5.49. The lowest BCUT2D eigenvalue weighted by Crippen LogP contribution is -2.43. The highest BCUT2D eigenvalue weighted by Gasteiger charge is 2.33. The molecule has 0 aliphatic carbocycles. The van der Waals surface area contributed by atoms with Crippen LogP contribution in [0.2, 0.25) is 0 Å². The smallest absolute Gasteiger partial charge is 0.256 e. The number of aryl methyl sites for hydroxylation is 1. The van der Waals surface area contributed by atoms with E-state index >= 15 is 0 Å². The highest BCUT2D eigenvalue weighted by molar-refractivity contribution is 5.97. The van der Waals surface area contributed by atoms with Crippen molar-refractivity contribution >= 4 is 11.6 Å². The molecule has 0 aromatic heterocycles. The summed E-state index contributed by atoms with van der Waals surface area (Å²) < 4.78 is 11.7. The Bertz CT molecular complexity index is 542. The summed E-state index contributed by atoms with van der Waals surface area (Å²) in [5, 5.41) is 3.02. The molecule has 0 aliphatic heterocycles. The van der Waals surface area contributed by atoms with Crippen LogP contribution in [0.1, 0.15) is 72.3 Å². The molecule has 1 N–H and O–H groups in total. The van der Waals surface area contributed by atoms with Crippen LogP contribution in [-0.4, -0.2) is 24.2 Å². The minimum Gasteiger partial charge on any atom is -0.491 e. The molecule has 1 amide bonds. The zero-order valence-corrected chi connectivity index (χ0v) is 16.8. The lowest BCUT2D eigenvalue weighted by Gasteiger charge is -2.29. The van der Waals surface area contributed by atoms with Gasteiger partial charge in [-0.1, -0.05) is 33.1 Å². The van der Waals surface area contributed by atoms with Crippen molar-refractivity contribution in [1.29, 1.82) is 0 Å². The average Bonchev–Trinajstić information content (AvgIpc) is 2.55. The average molecular weight is 350 g/mol. The van der Waals surface area contributed by atoms with Gasteiger partial charge >= 0.3 is 0 Å². The van der Waals surface area contributed by atoms with E-state index in [0.29, 0.717) is 6.61 Å². The van der Waals surface area contributed by atoms with Crippen molar-refractivity contribution in [2.75, 3.05) is 11.9 Å². The van der Waals surface area contributed by atoms with Gasteiger partial charge in [0.05, 0.1) is 6.10 Å². The summed E-state index contributed by atoms with van der Waals surface area (Å²) in [4.78, 5) is 12.8. The quantitative estimate of drug-likeness (QED) is 0.538. The van der Waals surface area contributed by atoms with Gasteiger partial charge in [0.25, 0.3) is 5.91 Å². The second kappa shape index (κ2) is 10.4. The molecule has 1 aromatic carbocycles. The number of carbonyl (C=O) groups is 1. The standard InChI is InChI=1S/C21H35NO3/c1-7-9-10-13-21(6,24-14-8-2)20(23)22-18-11-12-19(17(5)15-18)25-16(3)4/h11-12,15-16H,7-10,13-14H2,1-6H3,(H,22,23)/t21-/m0/s1. The second-order valence-electron chi connectivity index (χ2n) is 7.14. The van der Waals surface area contributed by atoms with Crippen LogP contribution in [-0.2, 0) is 9.53 Å². The fourth-order valence-electron chi connectivity index (χ4n) is 2.67. The molecule has 142 valence electrons. The summed E-state index contributed by atoms with van der Waals surface area (Å²) in [7, 11) is 0. The van der Waals surface area contributed by atoms with Crippen LogP contribution in [0.5, 0.6) is 5.75 Å². The van der Waals surface area contributed by atoms with Crippen molar-refractivity contribution in [1.82, 2.24) is 0 Å². The number of hydrogen-bond acceptors (Lipinski definition) is 3. The largest absolute Gasteiger partial charge is 0.491 e. The Morgan fingerprint density at radius 3 is 2.48 bits per heavy atom. The topological polar surface area (TPSA) is 47.6 Å². The molecule has 0 saturated carbocycles. The summed E-state index contributed by atoms with van der Waals surface area (Å²) in [6, 6.07) is 5.74. The van der Waals surface area contributed by atoms with Crippen LogP contribution in [0.15, 0.2) is 18.2 Å². The number of benzene rings is 1. The van der Waals surface area contributed by atoms with Gasteiger partial charge in [-0.05, 0) is 64.3 Å². The van der Waals surface area contributed by atoms with Crippen LogP contribution in [0.4, 0.5) is 5.69 Å². The fraction of sp³-hybridized carbons (Fsp3) is 0.667. The molecule has 4 nitrogen and oxygen atoms in total. The molecule has 0 fully saturated rings. The van der Waals surface area contributed by atoms with Crippen molar-refractivity contribution < 1.29 is 14.3 Å². The van der Waals surface area contributed by atoms with E-state index in [1.54, 1.807) is 0 Å². The molecule has 1 atom stereocenters. The summed E-state index contributed by atoms with van der Waals surface area (Å²) >= 11 is 0.